The van der Waals surface area contributed by atoms with Crippen molar-refractivity contribution >= 4 is 21.7 Å². The summed E-state index contributed by atoms with van der Waals surface area (Å²) in [5.41, 5.74) is -7.61. The predicted molar refractivity (Wildman–Crippen MR) is 131 cm³/mol. The maximum absolute atomic E-state index is 14.9. The van der Waals surface area contributed by atoms with Gasteiger partial charge in [0.05, 0.1) is 10.9 Å². The van der Waals surface area contributed by atoms with Crippen LogP contribution in [0.2, 0.25) is 0 Å². The van der Waals surface area contributed by atoms with Crippen molar-refractivity contribution in [3.8, 4) is 0 Å². The molecule has 0 unspecified atom stereocenters. The zero-order chi connectivity index (χ0) is 30.2. The van der Waals surface area contributed by atoms with Crippen LogP contribution in [0.4, 0.5) is 30.7 Å². The highest BCUT2D eigenvalue weighted by Crippen LogP contribution is 2.56. The van der Waals surface area contributed by atoms with Crippen molar-refractivity contribution in [2.75, 3.05) is 13.6 Å². The summed E-state index contributed by atoms with van der Waals surface area (Å²) in [6, 6.07) is 6.88. The van der Waals surface area contributed by atoms with Crippen molar-refractivity contribution in [3.05, 3.63) is 65.2 Å². The van der Waals surface area contributed by atoms with E-state index in [4.69, 9.17) is 0 Å². The average molecular weight is 607 g/mol. The maximum atomic E-state index is 14.9. The van der Waals surface area contributed by atoms with Crippen molar-refractivity contribution in [1.29, 1.82) is 0 Å². The van der Waals surface area contributed by atoms with E-state index in [1.54, 1.807) is 6.07 Å². The smallest absolute Gasteiger partial charge is 0.336 e. The topological polar surface area (TPSA) is 74.8 Å². The van der Waals surface area contributed by atoms with Crippen LogP contribution < -0.4 is 0 Å². The molecular formula is C27H25F7N2O4S. The van der Waals surface area contributed by atoms with Gasteiger partial charge in [0.25, 0.3) is 0 Å². The summed E-state index contributed by atoms with van der Waals surface area (Å²) in [6.07, 6.45) is -12.8. The number of halogens is 7. The van der Waals surface area contributed by atoms with Crippen LogP contribution in [0.3, 0.4) is 0 Å². The Morgan fingerprint density at radius 3 is 2.12 bits per heavy atom. The van der Waals surface area contributed by atoms with Crippen molar-refractivity contribution in [2.24, 2.45) is 0 Å². The standard InChI is InChI=1S/C27H25F7N2O4S/c1-35-20(10-12-22(35)37)23(38)36-14-13-24(41(39,40)18-5-3-2-4-6-18)19-9-8-17(15-16(19)7-11-21(24)36)25(28,26(29,30)31)27(32,33)34/h2-6,8-9,15,20-21H,7,10-14H2,1H3/t20-,21+,24+/m0/s1. The molecule has 2 aliphatic heterocycles. The lowest BCUT2D eigenvalue weighted by molar-refractivity contribution is -0.348. The minimum Gasteiger partial charge on any atom is -0.336 e. The highest BCUT2D eigenvalue weighted by molar-refractivity contribution is 7.92. The number of sulfone groups is 1. The van der Waals surface area contributed by atoms with E-state index < -0.39 is 56.2 Å². The number of fused-ring (bicyclic) bond motifs is 3. The highest BCUT2D eigenvalue weighted by atomic mass is 32.2. The van der Waals surface area contributed by atoms with E-state index >= 15 is 0 Å². The Balaban J connectivity index is 1.68. The van der Waals surface area contributed by atoms with E-state index in [0.29, 0.717) is 12.1 Å². The number of alkyl halides is 7. The van der Waals surface area contributed by atoms with Crippen LogP contribution in [0.15, 0.2) is 53.4 Å². The number of benzene rings is 2. The van der Waals surface area contributed by atoms with Crippen molar-refractivity contribution in [1.82, 2.24) is 9.80 Å². The third-order valence-corrected chi connectivity index (χ3v) is 11.2. The Morgan fingerprint density at radius 2 is 1.56 bits per heavy atom. The fourth-order valence-corrected chi connectivity index (χ4v) is 8.98. The van der Waals surface area contributed by atoms with Crippen LogP contribution in [0, 0.1) is 0 Å². The number of aryl methyl sites for hydroxylation is 1. The summed E-state index contributed by atoms with van der Waals surface area (Å²) >= 11 is 0. The first-order chi connectivity index (χ1) is 19.0. The minimum absolute atomic E-state index is 0.0702. The van der Waals surface area contributed by atoms with Crippen LogP contribution in [0.25, 0.3) is 0 Å². The quantitative estimate of drug-likeness (QED) is 0.469. The van der Waals surface area contributed by atoms with Gasteiger partial charge in [-0.05, 0) is 48.9 Å². The van der Waals surface area contributed by atoms with Gasteiger partial charge in [0, 0.05) is 25.6 Å². The predicted octanol–water partition coefficient (Wildman–Crippen LogP) is 4.81. The molecule has 0 N–H and O–H groups in total. The SMILES string of the molecule is CN1C(=O)CC[C@H]1C(=O)N1CC[C@@]2(S(=O)(=O)c3ccccc3)c3ccc(C(F)(C(F)(F)F)C(F)(F)F)cc3CC[C@@H]12. The second-order valence-corrected chi connectivity index (χ2v) is 12.8. The molecule has 3 atom stereocenters. The number of nitrogens with zero attached hydrogens (tertiary/aromatic N) is 2. The van der Waals surface area contributed by atoms with E-state index in [0.717, 1.165) is 6.07 Å². The summed E-state index contributed by atoms with van der Waals surface area (Å²) in [5.74, 6) is -0.734. The highest BCUT2D eigenvalue weighted by Gasteiger charge is 2.74. The van der Waals surface area contributed by atoms with Gasteiger partial charge in [0.15, 0.2) is 9.84 Å². The molecule has 14 heteroatoms. The van der Waals surface area contributed by atoms with Gasteiger partial charge in [-0.15, -0.1) is 0 Å². The second kappa shape index (κ2) is 9.43. The van der Waals surface area contributed by atoms with E-state index in [9.17, 15) is 48.7 Å². The Kier molecular flexibility index (Phi) is 6.75. The minimum atomic E-state index is -6.33. The number of hydrogen-bond donors (Lipinski definition) is 0. The molecule has 2 saturated heterocycles. The fraction of sp³-hybridized carbons (Fsp3) is 0.481. The molecule has 2 fully saturated rings. The number of carbonyl (C=O) groups excluding carboxylic acids is 2. The summed E-state index contributed by atoms with van der Waals surface area (Å²) in [7, 11) is -2.94. The van der Waals surface area contributed by atoms with Crippen LogP contribution in [0.5, 0.6) is 0 Å². The average Bonchev–Trinajstić information content (AvgIpc) is 3.48. The molecule has 41 heavy (non-hydrogen) atoms. The molecule has 3 aliphatic rings. The van der Waals surface area contributed by atoms with Gasteiger partial charge >= 0.3 is 18.0 Å². The zero-order valence-corrected chi connectivity index (χ0v) is 22.4. The lowest BCUT2D eigenvalue weighted by Gasteiger charge is -2.43. The van der Waals surface area contributed by atoms with Gasteiger partial charge < -0.3 is 9.80 Å². The molecule has 0 aromatic heterocycles. The van der Waals surface area contributed by atoms with Gasteiger partial charge in [-0.3, -0.25) is 9.59 Å². The van der Waals surface area contributed by atoms with Gasteiger partial charge in [-0.2, -0.15) is 26.3 Å². The third kappa shape index (κ3) is 4.07. The summed E-state index contributed by atoms with van der Waals surface area (Å²) in [5, 5.41) is 0. The Hall–Kier alpha value is -3.16. The summed E-state index contributed by atoms with van der Waals surface area (Å²) in [4.78, 5) is 28.2. The van der Waals surface area contributed by atoms with Crippen molar-refractivity contribution in [3.63, 3.8) is 0 Å². The number of carbonyl (C=O) groups is 2. The molecule has 2 heterocycles. The van der Waals surface area contributed by atoms with E-state index in [1.807, 2.05) is 0 Å². The van der Waals surface area contributed by atoms with E-state index in [2.05, 4.69) is 0 Å². The molecule has 2 amide bonds. The molecule has 222 valence electrons. The van der Waals surface area contributed by atoms with Crippen LogP contribution in [-0.2, 0) is 36.3 Å². The Morgan fingerprint density at radius 1 is 0.927 bits per heavy atom. The Bertz CT molecular complexity index is 1480. The monoisotopic (exact) mass is 606 g/mol. The summed E-state index contributed by atoms with van der Waals surface area (Å²) in [6.45, 7) is -0.0760. The first-order valence-corrected chi connectivity index (χ1v) is 14.3. The van der Waals surface area contributed by atoms with E-state index in [1.165, 1.54) is 41.1 Å². The van der Waals surface area contributed by atoms with Gasteiger partial charge in [0.2, 0.25) is 11.8 Å². The van der Waals surface area contributed by atoms with Gasteiger partial charge in [-0.25, -0.2) is 12.8 Å². The number of likely N-dealkylation sites (N-methyl/N-ethyl adjacent to an activating group) is 1. The van der Waals surface area contributed by atoms with Crippen LogP contribution >= 0.6 is 0 Å². The maximum Gasteiger partial charge on any atom is 0.435 e. The number of likely N-dealkylation sites (tertiary alicyclic amines) is 2. The lowest BCUT2D eigenvalue weighted by atomic mass is 9.76. The first-order valence-electron chi connectivity index (χ1n) is 12.8. The molecule has 0 spiro atoms. The molecule has 2 aromatic carbocycles. The largest absolute Gasteiger partial charge is 0.435 e. The lowest BCUT2D eigenvalue weighted by Crippen LogP contribution is -2.55. The van der Waals surface area contributed by atoms with Gasteiger partial charge in [-0.1, -0.05) is 36.4 Å². The van der Waals surface area contributed by atoms with Crippen molar-refractivity contribution in [2.45, 2.75) is 71.9 Å². The van der Waals surface area contributed by atoms with Gasteiger partial charge in [0.1, 0.15) is 10.8 Å². The summed E-state index contributed by atoms with van der Waals surface area (Å²) < 4.78 is 123. The molecule has 0 bridgehead atoms. The van der Waals surface area contributed by atoms with E-state index in [-0.39, 0.29) is 60.6 Å². The second-order valence-electron chi connectivity index (χ2n) is 10.6. The molecule has 5 rings (SSSR count). The fourth-order valence-electron chi connectivity index (χ4n) is 6.59. The van der Waals surface area contributed by atoms with Crippen LogP contribution in [-0.4, -0.2) is 68.1 Å². The molecule has 0 saturated carbocycles. The third-order valence-electron chi connectivity index (χ3n) is 8.66. The normalized spacial score (nSPS) is 25.3. The molecule has 2 aromatic rings. The molecular weight excluding hydrogens is 581 g/mol. The first kappa shape index (κ1) is 29.3. The number of rotatable bonds is 4. The zero-order valence-electron chi connectivity index (χ0n) is 21.6. The van der Waals surface area contributed by atoms with Crippen molar-refractivity contribution < 1.29 is 48.7 Å². The number of amides is 2. The molecule has 1 aliphatic carbocycles. The molecule has 0 radical (unpaired) electrons. The van der Waals surface area contributed by atoms with Crippen LogP contribution in [0.1, 0.15) is 42.4 Å². The Labute approximate surface area is 231 Å². The number of hydrogen-bond acceptors (Lipinski definition) is 4. The molecule has 6 nitrogen and oxygen atoms in total.